The van der Waals surface area contributed by atoms with Gasteiger partial charge in [0.2, 0.25) is 0 Å². The van der Waals surface area contributed by atoms with Crippen LogP contribution in [0.25, 0.3) is 11.0 Å². The smallest absolute Gasteiger partial charge is 0.166 e. The van der Waals surface area contributed by atoms with Crippen molar-refractivity contribution in [2.45, 2.75) is 10.9 Å². The first-order chi connectivity index (χ1) is 9.20. The number of hydrogen-bond acceptors (Lipinski definition) is 4. The van der Waals surface area contributed by atoms with E-state index in [9.17, 15) is 0 Å². The molecule has 0 bridgehead atoms. The quantitative estimate of drug-likeness (QED) is 0.725. The standard InChI is InChI=1S/C13H11ClN4S/c14-8-4-5-10-11(6-8)18-13(17-10)19-7-9-2-1-3-12(15)16-9/h1-6H,7H2,(H2,15,16)(H,17,18). The van der Waals surface area contributed by atoms with Gasteiger partial charge in [-0.05, 0) is 30.3 Å². The number of pyridine rings is 1. The van der Waals surface area contributed by atoms with Gasteiger partial charge in [-0.15, -0.1) is 0 Å². The third-order valence-corrected chi connectivity index (χ3v) is 3.75. The summed E-state index contributed by atoms with van der Waals surface area (Å²) in [6.07, 6.45) is 0. The third-order valence-electron chi connectivity index (χ3n) is 2.61. The number of nitrogens with one attached hydrogen (secondary N) is 1. The lowest BCUT2D eigenvalue weighted by atomic mass is 10.3. The van der Waals surface area contributed by atoms with Crippen LogP contribution >= 0.6 is 23.4 Å². The van der Waals surface area contributed by atoms with Gasteiger partial charge in [-0.2, -0.15) is 0 Å². The molecule has 0 saturated carbocycles. The van der Waals surface area contributed by atoms with E-state index in [0.29, 0.717) is 10.8 Å². The number of nitrogens with two attached hydrogens (primary N) is 1. The summed E-state index contributed by atoms with van der Waals surface area (Å²) in [6, 6.07) is 11.2. The van der Waals surface area contributed by atoms with Gasteiger partial charge in [0.25, 0.3) is 0 Å². The molecular formula is C13H11ClN4S. The van der Waals surface area contributed by atoms with Crippen LogP contribution in [-0.4, -0.2) is 15.0 Å². The highest BCUT2D eigenvalue weighted by Gasteiger charge is 2.05. The Morgan fingerprint density at radius 3 is 2.95 bits per heavy atom. The Morgan fingerprint density at radius 2 is 2.11 bits per heavy atom. The fourth-order valence-electron chi connectivity index (χ4n) is 1.75. The fraction of sp³-hybridized carbons (Fsp3) is 0.0769. The van der Waals surface area contributed by atoms with E-state index in [0.717, 1.165) is 27.6 Å². The largest absolute Gasteiger partial charge is 0.384 e. The van der Waals surface area contributed by atoms with Gasteiger partial charge in [0.1, 0.15) is 5.82 Å². The summed E-state index contributed by atoms with van der Waals surface area (Å²) in [6.45, 7) is 0. The molecule has 0 amide bonds. The van der Waals surface area contributed by atoms with Gasteiger partial charge in [-0.1, -0.05) is 29.4 Å². The predicted molar refractivity (Wildman–Crippen MR) is 79.3 cm³/mol. The Kier molecular flexibility index (Phi) is 3.31. The maximum Gasteiger partial charge on any atom is 0.166 e. The number of aromatic amines is 1. The molecule has 0 spiro atoms. The molecule has 4 nitrogen and oxygen atoms in total. The van der Waals surface area contributed by atoms with E-state index in [1.54, 1.807) is 17.8 Å². The molecule has 3 rings (SSSR count). The normalized spacial score (nSPS) is 11.0. The van der Waals surface area contributed by atoms with Crippen molar-refractivity contribution in [2.24, 2.45) is 0 Å². The molecule has 3 aromatic rings. The highest BCUT2D eigenvalue weighted by molar-refractivity contribution is 7.98. The first kappa shape index (κ1) is 12.3. The second-order valence-corrected chi connectivity index (χ2v) is 5.45. The number of nitrogen functional groups attached to an aromatic ring is 1. The highest BCUT2D eigenvalue weighted by Crippen LogP contribution is 2.24. The summed E-state index contributed by atoms with van der Waals surface area (Å²) in [4.78, 5) is 12.0. The number of aromatic nitrogens is 3. The Morgan fingerprint density at radius 1 is 1.21 bits per heavy atom. The minimum absolute atomic E-state index is 0.537. The summed E-state index contributed by atoms with van der Waals surface area (Å²) < 4.78 is 0. The highest BCUT2D eigenvalue weighted by atomic mass is 35.5. The van der Waals surface area contributed by atoms with Crippen molar-refractivity contribution in [3.05, 3.63) is 47.1 Å². The minimum atomic E-state index is 0.537. The average Bonchev–Trinajstić information content (AvgIpc) is 2.78. The predicted octanol–water partition coefficient (Wildman–Crippen LogP) is 3.49. The summed E-state index contributed by atoms with van der Waals surface area (Å²) in [7, 11) is 0. The van der Waals surface area contributed by atoms with Gasteiger partial charge in [-0.3, -0.25) is 0 Å². The van der Waals surface area contributed by atoms with E-state index in [-0.39, 0.29) is 0 Å². The zero-order chi connectivity index (χ0) is 13.2. The van der Waals surface area contributed by atoms with E-state index in [1.165, 1.54) is 0 Å². The van der Waals surface area contributed by atoms with Crippen LogP contribution in [0.4, 0.5) is 5.82 Å². The molecule has 0 aliphatic rings. The maximum absolute atomic E-state index is 5.94. The number of halogens is 1. The monoisotopic (exact) mass is 290 g/mol. The van der Waals surface area contributed by atoms with Crippen molar-refractivity contribution in [1.29, 1.82) is 0 Å². The van der Waals surface area contributed by atoms with Crippen LogP contribution < -0.4 is 5.73 Å². The molecule has 0 unspecified atom stereocenters. The van der Waals surface area contributed by atoms with Gasteiger partial charge >= 0.3 is 0 Å². The third kappa shape index (κ3) is 2.83. The molecule has 2 heterocycles. The van der Waals surface area contributed by atoms with Gasteiger partial charge in [0, 0.05) is 10.8 Å². The zero-order valence-corrected chi connectivity index (χ0v) is 11.5. The van der Waals surface area contributed by atoms with Crippen LogP contribution in [-0.2, 0) is 5.75 Å². The van der Waals surface area contributed by atoms with Crippen molar-refractivity contribution in [3.8, 4) is 0 Å². The van der Waals surface area contributed by atoms with E-state index in [1.807, 2.05) is 30.3 Å². The molecule has 19 heavy (non-hydrogen) atoms. The van der Waals surface area contributed by atoms with Gasteiger partial charge in [0.05, 0.1) is 16.7 Å². The van der Waals surface area contributed by atoms with Crippen LogP contribution in [0.2, 0.25) is 5.02 Å². The number of hydrogen-bond donors (Lipinski definition) is 2. The summed E-state index contributed by atoms with van der Waals surface area (Å²) in [5.41, 5.74) is 8.43. The molecule has 6 heteroatoms. The minimum Gasteiger partial charge on any atom is -0.384 e. The molecule has 96 valence electrons. The fourth-order valence-corrected chi connectivity index (χ4v) is 2.71. The molecule has 0 aliphatic carbocycles. The van der Waals surface area contributed by atoms with E-state index < -0.39 is 0 Å². The first-order valence-electron chi connectivity index (χ1n) is 5.70. The Labute approximate surface area is 119 Å². The topological polar surface area (TPSA) is 67.6 Å². The number of benzene rings is 1. The maximum atomic E-state index is 5.94. The van der Waals surface area contributed by atoms with Crippen LogP contribution in [0.3, 0.4) is 0 Å². The molecule has 0 aliphatic heterocycles. The van der Waals surface area contributed by atoms with Crippen LogP contribution in [0.15, 0.2) is 41.6 Å². The van der Waals surface area contributed by atoms with E-state index in [4.69, 9.17) is 17.3 Å². The molecule has 1 aromatic carbocycles. The molecule has 0 fully saturated rings. The number of H-pyrrole nitrogens is 1. The average molecular weight is 291 g/mol. The molecule has 0 atom stereocenters. The second kappa shape index (κ2) is 5.11. The molecule has 2 aromatic heterocycles. The lowest BCUT2D eigenvalue weighted by molar-refractivity contribution is 1.07. The summed E-state index contributed by atoms with van der Waals surface area (Å²) in [5, 5.41) is 1.55. The molecule has 0 radical (unpaired) electrons. The van der Waals surface area contributed by atoms with Crippen LogP contribution in [0.1, 0.15) is 5.69 Å². The van der Waals surface area contributed by atoms with E-state index in [2.05, 4.69) is 15.0 Å². The van der Waals surface area contributed by atoms with E-state index >= 15 is 0 Å². The van der Waals surface area contributed by atoms with Crippen molar-refractivity contribution >= 4 is 40.2 Å². The number of thioether (sulfide) groups is 1. The van der Waals surface area contributed by atoms with Gasteiger partial charge < -0.3 is 10.7 Å². The summed E-state index contributed by atoms with van der Waals surface area (Å²) in [5.74, 6) is 1.26. The lowest BCUT2D eigenvalue weighted by Crippen LogP contribution is -1.93. The first-order valence-corrected chi connectivity index (χ1v) is 7.06. The number of fused-ring (bicyclic) bond motifs is 1. The number of anilines is 1. The van der Waals surface area contributed by atoms with Gasteiger partial charge in [-0.25, -0.2) is 9.97 Å². The van der Waals surface area contributed by atoms with Gasteiger partial charge in [0.15, 0.2) is 5.16 Å². The summed E-state index contributed by atoms with van der Waals surface area (Å²) >= 11 is 7.53. The van der Waals surface area contributed by atoms with Crippen molar-refractivity contribution < 1.29 is 0 Å². The number of rotatable bonds is 3. The van der Waals surface area contributed by atoms with Crippen LogP contribution in [0.5, 0.6) is 0 Å². The molecular weight excluding hydrogens is 280 g/mol. The molecule has 0 saturated heterocycles. The number of imidazole rings is 1. The molecule has 3 N–H and O–H groups in total. The van der Waals surface area contributed by atoms with Crippen molar-refractivity contribution in [1.82, 2.24) is 15.0 Å². The Balaban J connectivity index is 1.78. The van der Waals surface area contributed by atoms with Crippen LogP contribution in [0, 0.1) is 0 Å². The van der Waals surface area contributed by atoms with Crippen molar-refractivity contribution in [2.75, 3.05) is 5.73 Å². The Bertz CT molecular complexity index is 725. The number of nitrogens with zero attached hydrogens (tertiary/aromatic N) is 2. The Hall–Kier alpha value is -1.72. The van der Waals surface area contributed by atoms with Crippen molar-refractivity contribution in [3.63, 3.8) is 0 Å². The zero-order valence-electron chi connectivity index (χ0n) is 9.93. The SMILES string of the molecule is Nc1cccc(CSc2nc3ccc(Cl)cc3[nH]2)n1. The second-order valence-electron chi connectivity index (χ2n) is 4.05. The lowest BCUT2D eigenvalue weighted by Gasteiger charge is -1.99.